The average molecular weight is 526 g/mol. The lowest BCUT2D eigenvalue weighted by atomic mass is 10.1. The molecule has 4 rings (SSSR count). The maximum atomic E-state index is 13.7. The van der Waals surface area contributed by atoms with E-state index in [-0.39, 0.29) is 24.2 Å². The van der Waals surface area contributed by atoms with Crippen LogP contribution in [-0.2, 0) is 16.1 Å². The molecular formula is C30H28FN5O3. The molecule has 0 aliphatic rings. The molecule has 2 heterocycles. The van der Waals surface area contributed by atoms with Crippen molar-refractivity contribution in [2.45, 2.75) is 34.2 Å². The third-order valence-corrected chi connectivity index (χ3v) is 6.22. The molecule has 0 radical (unpaired) electrons. The van der Waals surface area contributed by atoms with Crippen LogP contribution in [0.2, 0.25) is 0 Å². The van der Waals surface area contributed by atoms with Gasteiger partial charge in [0.1, 0.15) is 11.6 Å². The third-order valence-electron chi connectivity index (χ3n) is 6.22. The Labute approximate surface area is 225 Å². The van der Waals surface area contributed by atoms with E-state index in [1.165, 1.54) is 39.6 Å². The van der Waals surface area contributed by atoms with Gasteiger partial charge in [0.05, 0.1) is 29.6 Å². The quantitative estimate of drug-likeness (QED) is 0.341. The predicted molar refractivity (Wildman–Crippen MR) is 146 cm³/mol. The summed E-state index contributed by atoms with van der Waals surface area (Å²) in [6.45, 7) is 6.96. The van der Waals surface area contributed by atoms with Crippen molar-refractivity contribution in [1.29, 1.82) is 5.26 Å². The monoisotopic (exact) mass is 525 g/mol. The molecule has 198 valence electrons. The smallest absolute Gasteiger partial charge is 0.294 e. The van der Waals surface area contributed by atoms with Crippen LogP contribution in [0.15, 0.2) is 77.9 Å². The van der Waals surface area contributed by atoms with Crippen LogP contribution in [0.25, 0.3) is 16.9 Å². The molecule has 0 unspecified atom stereocenters. The molecular weight excluding hydrogens is 497 g/mol. The number of nitriles is 1. The van der Waals surface area contributed by atoms with Crippen molar-refractivity contribution in [2.75, 3.05) is 4.90 Å². The Morgan fingerprint density at radius 3 is 2.26 bits per heavy atom. The van der Waals surface area contributed by atoms with E-state index in [0.717, 1.165) is 4.90 Å². The molecule has 8 nitrogen and oxygen atoms in total. The van der Waals surface area contributed by atoms with Gasteiger partial charge in [-0.25, -0.2) is 19.1 Å². The molecule has 0 fully saturated rings. The maximum absolute atomic E-state index is 13.7. The topological polar surface area (TPSA) is 101 Å². The second-order valence-electron chi connectivity index (χ2n) is 9.73. The lowest BCUT2D eigenvalue weighted by molar-refractivity contribution is -0.129. The number of hydrogen-bond donors (Lipinski definition) is 0. The SMILES string of the molecule is CC(C)C(=O)N(C(=O)C(C)C)c1cc(-c2cn(Cc3ccccc3C#N)c(=O)n2-c2ccc(F)cc2)ccn1. The van der Waals surface area contributed by atoms with Gasteiger partial charge in [0.15, 0.2) is 0 Å². The lowest BCUT2D eigenvalue weighted by Crippen LogP contribution is -2.42. The van der Waals surface area contributed by atoms with Crippen molar-refractivity contribution in [3.8, 4) is 23.0 Å². The first-order valence-corrected chi connectivity index (χ1v) is 12.5. The molecule has 39 heavy (non-hydrogen) atoms. The molecule has 0 saturated carbocycles. The van der Waals surface area contributed by atoms with Gasteiger partial charge in [0.25, 0.3) is 0 Å². The second-order valence-corrected chi connectivity index (χ2v) is 9.73. The first-order chi connectivity index (χ1) is 18.6. The van der Waals surface area contributed by atoms with E-state index in [2.05, 4.69) is 11.1 Å². The van der Waals surface area contributed by atoms with Crippen molar-refractivity contribution >= 4 is 17.6 Å². The Hall–Kier alpha value is -4.84. The zero-order valence-corrected chi connectivity index (χ0v) is 22.1. The van der Waals surface area contributed by atoms with Crippen LogP contribution in [0.1, 0.15) is 38.8 Å². The molecule has 4 aromatic rings. The van der Waals surface area contributed by atoms with Crippen LogP contribution in [0.5, 0.6) is 0 Å². The summed E-state index contributed by atoms with van der Waals surface area (Å²) in [6.07, 6.45) is 3.11. The molecule has 0 N–H and O–H groups in total. The second kappa shape index (κ2) is 11.3. The molecule has 0 aliphatic heterocycles. The number of nitrogens with zero attached hydrogens (tertiary/aromatic N) is 5. The summed E-state index contributed by atoms with van der Waals surface area (Å²) in [7, 11) is 0. The van der Waals surface area contributed by atoms with Gasteiger partial charge in [-0.3, -0.25) is 18.7 Å². The summed E-state index contributed by atoms with van der Waals surface area (Å²) in [4.78, 5) is 45.1. The zero-order valence-electron chi connectivity index (χ0n) is 22.1. The number of imide groups is 1. The first kappa shape index (κ1) is 27.2. The normalized spacial score (nSPS) is 11.0. The fraction of sp³-hybridized carbons (Fsp3) is 0.233. The minimum Gasteiger partial charge on any atom is -0.294 e. The standard InChI is InChI=1S/C30H28FN5O3/c1-19(2)28(37)36(29(38)20(3)4)27-15-21(13-14-33-27)26-18-34(17-23-8-6-5-7-22(23)16-32)30(39)35(26)25-11-9-24(31)10-12-25/h5-15,18-20H,17H2,1-4H3. The molecule has 0 bridgehead atoms. The van der Waals surface area contributed by atoms with Gasteiger partial charge in [0.2, 0.25) is 11.8 Å². The van der Waals surface area contributed by atoms with Crippen LogP contribution in [0.3, 0.4) is 0 Å². The maximum Gasteiger partial charge on any atom is 0.333 e. The van der Waals surface area contributed by atoms with Crippen molar-refractivity contribution in [3.05, 3.63) is 100 Å². The number of halogens is 1. The molecule has 0 atom stereocenters. The van der Waals surface area contributed by atoms with Gasteiger partial charge in [-0.05, 0) is 48.0 Å². The Bertz CT molecular complexity index is 1610. The van der Waals surface area contributed by atoms with Gasteiger partial charge < -0.3 is 0 Å². The third kappa shape index (κ3) is 5.55. The van der Waals surface area contributed by atoms with Crippen LogP contribution in [-0.4, -0.2) is 25.9 Å². The first-order valence-electron chi connectivity index (χ1n) is 12.5. The predicted octanol–water partition coefficient (Wildman–Crippen LogP) is 4.93. The molecule has 2 aromatic carbocycles. The molecule has 0 saturated heterocycles. The van der Waals surface area contributed by atoms with Gasteiger partial charge in [0, 0.05) is 29.8 Å². The molecule has 2 amide bonds. The number of carbonyl (C=O) groups excluding carboxylic acids is 2. The highest BCUT2D eigenvalue weighted by Crippen LogP contribution is 2.27. The van der Waals surface area contributed by atoms with Crippen molar-refractivity contribution in [3.63, 3.8) is 0 Å². The van der Waals surface area contributed by atoms with Crippen LogP contribution in [0.4, 0.5) is 10.2 Å². The zero-order chi connectivity index (χ0) is 28.3. The van der Waals surface area contributed by atoms with Gasteiger partial charge in [-0.15, -0.1) is 0 Å². The van der Waals surface area contributed by atoms with Gasteiger partial charge >= 0.3 is 5.69 Å². The molecule has 2 aromatic heterocycles. The summed E-state index contributed by atoms with van der Waals surface area (Å²) in [6, 6.07) is 17.9. The molecule has 9 heteroatoms. The summed E-state index contributed by atoms with van der Waals surface area (Å²) < 4.78 is 16.6. The van der Waals surface area contributed by atoms with E-state index in [4.69, 9.17) is 0 Å². The Morgan fingerprint density at radius 1 is 1.00 bits per heavy atom. The highest BCUT2D eigenvalue weighted by Gasteiger charge is 2.29. The average Bonchev–Trinajstić information content (AvgIpc) is 3.25. The number of pyridine rings is 1. The molecule has 0 spiro atoms. The van der Waals surface area contributed by atoms with E-state index < -0.39 is 23.3 Å². The lowest BCUT2D eigenvalue weighted by Gasteiger charge is -2.24. The Morgan fingerprint density at radius 2 is 1.64 bits per heavy atom. The highest BCUT2D eigenvalue weighted by molar-refractivity contribution is 6.15. The van der Waals surface area contributed by atoms with Gasteiger partial charge in [-0.2, -0.15) is 5.26 Å². The number of amides is 2. The number of carbonyl (C=O) groups is 2. The van der Waals surface area contributed by atoms with E-state index in [1.54, 1.807) is 70.3 Å². The minimum absolute atomic E-state index is 0.130. The summed E-state index contributed by atoms with van der Waals surface area (Å²) in [5.74, 6) is -1.98. The molecule has 0 aliphatic carbocycles. The number of anilines is 1. The number of rotatable bonds is 7. The van der Waals surface area contributed by atoms with Crippen molar-refractivity contribution in [2.24, 2.45) is 11.8 Å². The number of aromatic nitrogens is 3. The summed E-state index contributed by atoms with van der Waals surface area (Å²) in [5.41, 5.74) is 2.09. The van der Waals surface area contributed by atoms with Crippen LogP contribution < -0.4 is 10.6 Å². The number of benzene rings is 2. The number of imidazole rings is 1. The Balaban J connectivity index is 1.90. The van der Waals surface area contributed by atoms with E-state index in [0.29, 0.717) is 28.1 Å². The van der Waals surface area contributed by atoms with E-state index >= 15 is 0 Å². The number of hydrogen-bond acceptors (Lipinski definition) is 5. The van der Waals surface area contributed by atoms with E-state index in [1.807, 2.05) is 0 Å². The van der Waals surface area contributed by atoms with Crippen molar-refractivity contribution < 1.29 is 14.0 Å². The highest BCUT2D eigenvalue weighted by atomic mass is 19.1. The fourth-order valence-corrected chi connectivity index (χ4v) is 4.15. The summed E-state index contributed by atoms with van der Waals surface area (Å²) >= 11 is 0. The summed E-state index contributed by atoms with van der Waals surface area (Å²) in [5, 5.41) is 9.51. The van der Waals surface area contributed by atoms with Crippen molar-refractivity contribution in [1.82, 2.24) is 14.1 Å². The minimum atomic E-state index is -0.447. The fourth-order valence-electron chi connectivity index (χ4n) is 4.15. The van der Waals surface area contributed by atoms with Crippen LogP contribution in [0, 0.1) is 29.0 Å². The van der Waals surface area contributed by atoms with Crippen LogP contribution >= 0.6 is 0 Å². The van der Waals surface area contributed by atoms with Gasteiger partial charge in [-0.1, -0.05) is 45.9 Å². The van der Waals surface area contributed by atoms with E-state index in [9.17, 15) is 24.0 Å². The Kier molecular flexibility index (Phi) is 7.86. The largest absolute Gasteiger partial charge is 0.333 e.